The molecule has 0 aliphatic heterocycles. The first-order chi connectivity index (χ1) is 16.2. The molecule has 8 heteroatoms. The fraction of sp³-hybridized carbons (Fsp3) is 0.385. The maximum absolute atomic E-state index is 12.9. The molecule has 0 saturated heterocycles. The molecule has 0 heterocycles. The Kier molecular flexibility index (Phi) is 10.3. The average molecular weight is 469 g/mol. The lowest BCUT2D eigenvalue weighted by molar-refractivity contribution is -0.156. The summed E-state index contributed by atoms with van der Waals surface area (Å²) in [6, 6.07) is 13.9. The molecule has 0 aromatic heterocycles. The van der Waals surface area contributed by atoms with Crippen LogP contribution in [0.15, 0.2) is 54.6 Å². The van der Waals surface area contributed by atoms with Gasteiger partial charge in [-0.2, -0.15) is 0 Å². The first-order valence-electron chi connectivity index (χ1n) is 11.4. The fourth-order valence-electron chi connectivity index (χ4n) is 3.19. The predicted octanol–water partition coefficient (Wildman–Crippen LogP) is 3.97. The second-order valence-electron chi connectivity index (χ2n) is 8.14. The quantitative estimate of drug-likeness (QED) is 0.483. The van der Waals surface area contributed by atoms with Crippen molar-refractivity contribution >= 4 is 29.4 Å². The van der Waals surface area contributed by atoms with E-state index < -0.39 is 30.0 Å². The van der Waals surface area contributed by atoms with Crippen LogP contribution in [0, 0.1) is 5.92 Å². The molecule has 2 unspecified atom stereocenters. The minimum Gasteiger partial charge on any atom is -0.462 e. The van der Waals surface area contributed by atoms with Crippen molar-refractivity contribution in [3.63, 3.8) is 0 Å². The molecule has 2 aromatic carbocycles. The maximum Gasteiger partial charge on any atom is 0.338 e. The SMILES string of the molecule is CCOC(=O)c1ccc(NC(=O)C(CC)OC(=O)C(CC(C)C)NC(=O)c2ccccc2)cc1. The highest BCUT2D eigenvalue weighted by atomic mass is 16.5. The van der Waals surface area contributed by atoms with Gasteiger partial charge in [0.1, 0.15) is 6.04 Å². The summed E-state index contributed by atoms with van der Waals surface area (Å²) in [5, 5.41) is 5.41. The normalized spacial score (nSPS) is 12.4. The first kappa shape index (κ1) is 26.6. The summed E-state index contributed by atoms with van der Waals surface area (Å²) in [6.45, 7) is 7.57. The highest BCUT2D eigenvalue weighted by Crippen LogP contribution is 2.14. The van der Waals surface area contributed by atoms with E-state index in [1.807, 2.05) is 13.8 Å². The van der Waals surface area contributed by atoms with E-state index in [9.17, 15) is 19.2 Å². The van der Waals surface area contributed by atoms with Crippen LogP contribution in [0.1, 0.15) is 61.3 Å². The van der Waals surface area contributed by atoms with Crippen molar-refractivity contribution in [1.29, 1.82) is 0 Å². The van der Waals surface area contributed by atoms with Gasteiger partial charge in [-0.25, -0.2) is 9.59 Å². The molecule has 8 nitrogen and oxygen atoms in total. The largest absolute Gasteiger partial charge is 0.462 e. The Morgan fingerprint density at radius 3 is 2.09 bits per heavy atom. The molecular weight excluding hydrogens is 436 g/mol. The lowest BCUT2D eigenvalue weighted by atomic mass is 10.0. The van der Waals surface area contributed by atoms with Crippen LogP contribution >= 0.6 is 0 Å². The number of anilines is 1. The summed E-state index contributed by atoms with van der Waals surface area (Å²) in [4.78, 5) is 49.9. The van der Waals surface area contributed by atoms with Gasteiger partial charge in [-0.15, -0.1) is 0 Å². The summed E-state index contributed by atoms with van der Waals surface area (Å²) < 4.78 is 10.4. The monoisotopic (exact) mass is 468 g/mol. The van der Waals surface area contributed by atoms with E-state index in [4.69, 9.17) is 9.47 Å². The number of amides is 2. The zero-order chi connectivity index (χ0) is 25.1. The van der Waals surface area contributed by atoms with Gasteiger partial charge in [0.25, 0.3) is 11.8 Å². The van der Waals surface area contributed by atoms with Crippen molar-refractivity contribution in [2.24, 2.45) is 5.92 Å². The van der Waals surface area contributed by atoms with E-state index in [0.29, 0.717) is 23.2 Å². The molecule has 0 fully saturated rings. The number of hydrogen-bond acceptors (Lipinski definition) is 6. The smallest absolute Gasteiger partial charge is 0.338 e. The van der Waals surface area contributed by atoms with E-state index in [-0.39, 0.29) is 24.9 Å². The molecule has 0 radical (unpaired) electrons. The average Bonchev–Trinajstić information content (AvgIpc) is 2.82. The highest BCUT2D eigenvalue weighted by molar-refractivity contribution is 5.98. The van der Waals surface area contributed by atoms with Crippen LogP contribution in [-0.4, -0.2) is 42.5 Å². The summed E-state index contributed by atoms with van der Waals surface area (Å²) in [7, 11) is 0. The number of rotatable bonds is 11. The summed E-state index contributed by atoms with van der Waals surface area (Å²) in [5.41, 5.74) is 1.24. The lowest BCUT2D eigenvalue weighted by Crippen LogP contribution is -2.45. The van der Waals surface area contributed by atoms with Crippen molar-refractivity contribution in [2.75, 3.05) is 11.9 Å². The molecule has 2 rings (SSSR count). The predicted molar refractivity (Wildman–Crippen MR) is 128 cm³/mol. The van der Waals surface area contributed by atoms with Crippen molar-refractivity contribution in [3.8, 4) is 0 Å². The summed E-state index contributed by atoms with van der Waals surface area (Å²) >= 11 is 0. The Morgan fingerprint density at radius 1 is 0.882 bits per heavy atom. The van der Waals surface area contributed by atoms with E-state index in [1.54, 1.807) is 68.4 Å². The van der Waals surface area contributed by atoms with E-state index in [2.05, 4.69) is 10.6 Å². The van der Waals surface area contributed by atoms with Crippen LogP contribution in [0.2, 0.25) is 0 Å². The van der Waals surface area contributed by atoms with Gasteiger partial charge in [0, 0.05) is 11.3 Å². The number of nitrogens with one attached hydrogen (secondary N) is 2. The lowest BCUT2D eigenvalue weighted by Gasteiger charge is -2.23. The Labute approximate surface area is 200 Å². The second-order valence-corrected chi connectivity index (χ2v) is 8.14. The molecule has 2 N–H and O–H groups in total. The maximum atomic E-state index is 12.9. The van der Waals surface area contributed by atoms with Gasteiger partial charge in [-0.1, -0.05) is 39.0 Å². The molecular formula is C26H32N2O6. The molecule has 0 aliphatic rings. The van der Waals surface area contributed by atoms with Crippen LogP contribution < -0.4 is 10.6 Å². The molecule has 2 amide bonds. The Bertz CT molecular complexity index is 973. The third-order valence-electron chi connectivity index (χ3n) is 4.92. The summed E-state index contributed by atoms with van der Waals surface area (Å²) in [5.74, 6) is -1.90. The number of hydrogen-bond donors (Lipinski definition) is 2. The minimum atomic E-state index is -1.04. The minimum absolute atomic E-state index is 0.112. The third-order valence-corrected chi connectivity index (χ3v) is 4.92. The molecule has 0 bridgehead atoms. The highest BCUT2D eigenvalue weighted by Gasteiger charge is 2.29. The molecule has 2 atom stereocenters. The number of benzene rings is 2. The van der Waals surface area contributed by atoms with Crippen LogP contribution in [0.25, 0.3) is 0 Å². The molecule has 0 spiro atoms. The van der Waals surface area contributed by atoms with Crippen molar-refractivity contribution in [1.82, 2.24) is 5.32 Å². The van der Waals surface area contributed by atoms with Gasteiger partial charge in [0.05, 0.1) is 12.2 Å². The molecule has 0 saturated carbocycles. The van der Waals surface area contributed by atoms with E-state index in [0.717, 1.165) is 0 Å². The van der Waals surface area contributed by atoms with Crippen LogP contribution in [0.3, 0.4) is 0 Å². The first-order valence-corrected chi connectivity index (χ1v) is 11.4. The Balaban J connectivity index is 2.03. The third kappa shape index (κ3) is 8.03. The zero-order valence-electron chi connectivity index (χ0n) is 20.0. The van der Waals surface area contributed by atoms with E-state index in [1.165, 1.54) is 0 Å². The van der Waals surface area contributed by atoms with Crippen LogP contribution in [-0.2, 0) is 19.1 Å². The zero-order valence-corrected chi connectivity index (χ0v) is 20.0. The molecule has 2 aromatic rings. The topological polar surface area (TPSA) is 111 Å². The van der Waals surface area contributed by atoms with Crippen molar-refractivity contribution in [2.45, 2.75) is 52.7 Å². The van der Waals surface area contributed by atoms with E-state index >= 15 is 0 Å². The van der Waals surface area contributed by atoms with Gasteiger partial charge in [-0.05, 0) is 62.1 Å². The number of ether oxygens (including phenoxy) is 2. The van der Waals surface area contributed by atoms with Gasteiger partial charge in [-0.3, -0.25) is 9.59 Å². The molecule has 182 valence electrons. The summed E-state index contributed by atoms with van der Waals surface area (Å²) in [6.07, 6.45) is -0.426. The van der Waals surface area contributed by atoms with Crippen LogP contribution in [0.4, 0.5) is 5.69 Å². The fourth-order valence-corrected chi connectivity index (χ4v) is 3.19. The standard InChI is InChI=1S/C26H32N2O6/c1-5-22(24(30)27-20-14-12-19(13-15-20)25(31)33-6-2)34-26(32)21(16-17(3)4)28-23(29)18-10-8-7-9-11-18/h7-15,17,21-22H,5-6,16H2,1-4H3,(H,27,30)(H,28,29). The Morgan fingerprint density at radius 2 is 1.53 bits per heavy atom. The molecule has 34 heavy (non-hydrogen) atoms. The van der Waals surface area contributed by atoms with Gasteiger partial charge >= 0.3 is 11.9 Å². The second kappa shape index (κ2) is 13.1. The van der Waals surface area contributed by atoms with Crippen molar-refractivity contribution < 1.29 is 28.7 Å². The number of carbonyl (C=O) groups is 4. The Hall–Kier alpha value is -3.68. The van der Waals surface area contributed by atoms with Gasteiger partial charge < -0.3 is 20.1 Å². The van der Waals surface area contributed by atoms with Crippen molar-refractivity contribution in [3.05, 3.63) is 65.7 Å². The van der Waals surface area contributed by atoms with Crippen LogP contribution in [0.5, 0.6) is 0 Å². The van der Waals surface area contributed by atoms with Gasteiger partial charge in [0.2, 0.25) is 0 Å². The molecule has 0 aliphatic carbocycles. The number of esters is 2. The van der Waals surface area contributed by atoms with Gasteiger partial charge in [0.15, 0.2) is 6.10 Å². The number of carbonyl (C=O) groups excluding carboxylic acids is 4.